The van der Waals surface area contributed by atoms with Gasteiger partial charge in [-0.25, -0.2) is 0 Å². The van der Waals surface area contributed by atoms with Crippen molar-refractivity contribution in [3.05, 3.63) is 30.1 Å². The highest BCUT2D eigenvalue weighted by molar-refractivity contribution is 5.03. The number of nitrogens with zero attached hydrogens (tertiary/aromatic N) is 2. The van der Waals surface area contributed by atoms with Crippen LogP contribution in [0.1, 0.15) is 25.5 Å². The molecular weight excluding hydrogens is 172 g/mol. The van der Waals surface area contributed by atoms with Gasteiger partial charge in [-0.1, -0.05) is 13.0 Å². The van der Waals surface area contributed by atoms with Crippen molar-refractivity contribution in [1.29, 1.82) is 0 Å². The fourth-order valence-corrected chi connectivity index (χ4v) is 1.94. The molecule has 1 aliphatic heterocycles. The van der Waals surface area contributed by atoms with E-state index in [0.717, 1.165) is 12.5 Å². The lowest BCUT2D eigenvalue weighted by molar-refractivity contribution is 0.183. The summed E-state index contributed by atoms with van der Waals surface area (Å²) in [7, 11) is 0. The number of piperidine rings is 1. The predicted octanol–water partition coefficient (Wildman–Crippen LogP) is 2.31. The van der Waals surface area contributed by atoms with Crippen LogP contribution in [0.5, 0.6) is 0 Å². The van der Waals surface area contributed by atoms with Crippen LogP contribution in [-0.2, 0) is 6.54 Å². The second-order valence-electron chi connectivity index (χ2n) is 4.28. The minimum atomic E-state index is 0.912. The van der Waals surface area contributed by atoms with Crippen LogP contribution in [0, 0.1) is 5.92 Å². The monoisotopic (exact) mass is 190 g/mol. The molecule has 2 rings (SSSR count). The van der Waals surface area contributed by atoms with Gasteiger partial charge >= 0.3 is 0 Å². The van der Waals surface area contributed by atoms with Crippen molar-refractivity contribution in [2.45, 2.75) is 26.3 Å². The standard InChI is InChI=1S/C12H18N2/c1-11-5-8-14(9-6-11)10-12-4-2-3-7-13-12/h2-4,7,11H,5-6,8-10H2,1H3. The first-order valence-electron chi connectivity index (χ1n) is 5.47. The van der Waals surface area contributed by atoms with Crippen LogP contribution in [0.3, 0.4) is 0 Å². The van der Waals surface area contributed by atoms with E-state index < -0.39 is 0 Å². The third kappa shape index (κ3) is 2.55. The van der Waals surface area contributed by atoms with Crippen LogP contribution in [0.2, 0.25) is 0 Å². The van der Waals surface area contributed by atoms with Gasteiger partial charge in [-0.2, -0.15) is 0 Å². The van der Waals surface area contributed by atoms with Gasteiger partial charge in [-0.05, 0) is 44.0 Å². The van der Waals surface area contributed by atoms with Crippen LogP contribution < -0.4 is 0 Å². The van der Waals surface area contributed by atoms with Crippen molar-refractivity contribution in [2.24, 2.45) is 5.92 Å². The van der Waals surface area contributed by atoms with Gasteiger partial charge in [0.25, 0.3) is 0 Å². The highest BCUT2D eigenvalue weighted by atomic mass is 15.1. The lowest BCUT2D eigenvalue weighted by atomic mass is 9.99. The molecule has 2 heteroatoms. The number of pyridine rings is 1. The second-order valence-corrected chi connectivity index (χ2v) is 4.28. The molecule has 1 aliphatic rings. The van der Waals surface area contributed by atoms with E-state index in [1.807, 2.05) is 12.3 Å². The SMILES string of the molecule is CC1CCN(Cc2ccccn2)CC1. The maximum atomic E-state index is 4.35. The Labute approximate surface area is 86.0 Å². The molecular formula is C12H18N2. The fourth-order valence-electron chi connectivity index (χ4n) is 1.94. The summed E-state index contributed by atoms with van der Waals surface area (Å²) in [6.45, 7) is 5.83. The summed E-state index contributed by atoms with van der Waals surface area (Å²) in [4.78, 5) is 6.85. The van der Waals surface area contributed by atoms with E-state index in [1.165, 1.54) is 31.6 Å². The van der Waals surface area contributed by atoms with E-state index in [2.05, 4.69) is 28.9 Å². The molecule has 0 amide bonds. The van der Waals surface area contributed by atoms with Gasteiger partial charge in [0, 0.05) is 12.7 Å². The first-order chi connectivity index (χ1) is 6.84. The summed E-state index contributed by atoms with van der Waals surface area (Å²) in [5.74, 6) is 0.912. The highest BCUT2D eigenvalue weighted by Gasteiger charge is 2.15. The van der Waals surface area contributed by atoms with Crippen LogP contribution in [0.25, 0.3) is 0 Å². The lowest BCUT2D eigenvalue weighted by Crippen LogP contribution is -2.32. The Hall–Kier alpha value is -0.890. The Morgan fingerprint density at radius 1 is 1.36 bits per heavy atom. The lowest BCUT2D eigenvalue weighted by Gasteiger charge is -2.29. The van der Waals surface area contributed by atoms with Gasteiger partial charge in [0.15, 0.2) is 0 Å². The summed E-state index contributed by atoms with van der Waals surface area (Å²) < 4.78 is 0. The molecule has 0 aromatic carbocycles. The van der Waals surface area contributed by atoms with E-state index >= 15 is 0 Å². The van der Waals surface area contributed by atoms with Gasteiger partial charge in [0.1, 0.15) is 0 Å². The Kier molecular flexibility index (Phi) is 3.14. The van der Waals surface area contributed by atoms with Crippen LogP contribution in [0.15, 0.2) is 24.4 Å². The van der Waals surface area contributed by atoms with Crippen molar-refractivity contribution < 1.29 is 0 Å². The van der Waals surface area contributed by atoms with Crippen LogP contribution in [0.4, 0.5) is 0 Å². The molecule has 2 nitrogen and oxygen atoms in total. The van der Waals surface area contributed by atoms with Crippen molar-refractivity contribution >= 4 is 0 Å². The van der Waals surface area contributed by atoms with Crippen molar-refractivity contribution in [1.82, 2.24) is 9.88 Å². The molecule has 0 saturated carbocycles. The Morgan fingerprint density at radius 2 is 2.14 bits per heavy atom. The molecule has 1 aromatic rings. The molecule has 2 heterocycles. The number of likely N-dealkylation sites (tertiary alicyclic amines) is 1. The molecule has 0 aliphatic carbocycles. The summed E-state index contributed by atoms with van der Waals surface area (Å²) in [5.41, 5.74) is 1.20. The molecule has 0 unspecified atom stereocenters. The summed E-state index contributed by atoms with van der Waals surface area (Å²) in [6, 6.07) is 6.15. The topological polar surface area (TPSA) is 16.1 Å². The first kappa shape index (κ1) is 9.66. The van der Waals surface area contributed by atoms with E-state index in [0.29, 0.717) is 0 Å². The Balaban J connectivity index is 1.87. The number of hydrogen-bond acceptors (Lipinski definition) is 2. The van der Waals surface area contributed by atoms with Crippen LogP contribution >= 0.6 is 0 Å². The Bertz CT molecular complexity index is 263. The summed E-state index contributed by atoms with van der Waals surface area (Å²) in [5, 5.41) is 0. The second kappa shape index (κ2) is 4.56. The smallest absolute Gasteiger partial charge is 0.0543 e. The van der Waals surface area contributed by atoms with Crippen LogP contribution in [-0.4, -0.2) is 23.0 Å². The zero-order chi connectivity index (χ0) is 9.80. The predicted molar refractivity (Wildman–Crippen MR) is 57.9 cm³/mol. The molecule has 0 radical (unpaired) electrons. The molecule has 14 heavy (non-hydrogen) atoms. The third-order valence-electron chi connectivity index (χ3n) is 2.99. The average molecular weight is 190 g/mol. The fraction of sp³-hybridized carbons (Fsp3) is 0.583. The van der Waals surface area contributed by atoms with Crippen molar-refractivity contribution in [3.63, 3.8) is 0 Å². The zero-order valence-corrected chi connectivity index (χ0v) is 8.82. The third-order valence-corrected chi connectivity index (χ3v) is 2.99. The van der Waals surface area contributed by atoms with Gasteiger partial charge in [0.05, 0.1) is 5.69 Å². The molecule has 1 fully saturated rings. The number of hydrogen-bond donors (Lipinski definition) is 0. The van der Waals surface area contributed by atoms with E-state index in [4.69, 9.17) is 0 Å². The quantitative estimate of drug-likeness (QED) is 0.711. The Morgan fingerprint density at radius 3 is 2.79 bits per heavy atom. The molecule has 0 bridgehead atoms. The van der Waals surface area contributed by atoms with E-state index in [1.54, 1.807) is 0 Å². The van der Waals surface area contributed by atoms with Gasteiger partial charge < -0.3 is 0 Å². The summed E-state index contributed by atoms with van der Waals surface area (Å²) >= 11 is 0. The molecule has 1 saturated heterocycles. The molecule has 1 aromatic heterocycles. The average Bonchev–Trinajstić information content (AvgIpc) is 2.23. The van der Waals surface area contributed by atoms with E-state index in [9.17, 15) is 0 Å². The minimum absolute atomic E-state index is 0.912. The largest absolute Gasteiger partial charge is 0.297 e. The number of rotatable bonds is 2. The van der Waals surface area contributed by atoms with Crippen molar-refractivity contribution in [2.75, 3.05) is 13.1 Å². The first-order valence-corrected chi connectivity index (χ1v) is 5.47. The van der Waals surface area contributed by atoms with Crippen molar-refractivity contribution in [3.8, 4) is 0 Å². The van der Waals surface area contributed by atoms with Gasteiger partial charge in [-0.3, -0.25) is 9.88 Å². The number of aromatic nitrogens is 1. The minimum Gasteiger partial charge on any atom is -0.297 e. The maximum Gasteiger partial charge on any atom is 0.0543 e. The maximum absolute atomic E-state index is 4.35. The van der Waals surface area contributed by atoms with E-state index in [-0.39, 0.29) is 0 Å². The molecule has 0 N–H and O–H groups in total. The molecule has 0 spiro atoms. The zero-order valence-electron chi connectivity index (χ0n) is 8.82. The molecule has 0 atom stereocenters. The normalized spacial score (nSPS) is 19.8. The highest BCUT2D eigenvalue weighted by Crippen LogP contribution is 2.17. The summed E-state index contributed by atoms with van der Waals surface area (Å²) in [6.07, 6.45) is 4.56. The van der Waals surface area contributed by atoms with Gasteiger partial charge in [0.2, 0.25) is 0 Å². The van der Waals surface area contributed by atoms with Gasteiger partial charge in [-0.15, -0.1) is 0 Å². The molecule has 76 valence electrons.